The highest BCUT2D eigenvalue weighted by Crippen LogP contribution is 2.42. The van der Waals surface area contributed by atoms with Crippen molar-refractivity contribution < 1.29 is 0 Å². The van der Waals surface area contributed by atoms with Crippen LogP contribution in [0.25, 0.3) is 0 Å². The molecule has 0 heterocycles. The zero-order chi connectivity index (χ0) is 8.55. The van der Waals surface area contributed by atoms with Crippen molar-refractivity contribution in [2.45, 2.75) is 46.0 Å². The molecule has 12 heavy (non-hydrogen) atoms. The molecule has 0 amide bonds. The first-order valence-corrected chi connectivity index (χ1v) is 5.32. The molecule has 0 nitrogen and oxygen atoms in total. The number of hydrogen-bond donors (Lipinski definition) is 0. The highest BCUT2D eigenvalue weighted by molar-refractivity contribution is 5.30. The van der Waals surface area contributed by atoms with Gasteiger partial charge in [-0.15, -0.1) is 0 Å². The Hall–Kier alpha value is -0.390. The number of allylic oxidation sites excluding steroid dienone is 2. The van der Waals surface area contributed by atoms with E-state index in [1.165, 1.54) is 32.1 Å². The van der Waals surface area contributed by atoms with Gasteiger partial charge in [-0.05, 0) is 18.8 Å². The van der Waals surface area contributed by atoms with Gasteiger partial charge in [0.05, 0.1) is 18.4 Å². The molecule has 0 spiro atoms. The van der Waals surface area contributed by atoms with Crippen LogP contribution in [-0.4, -0.2) is 0 Å². The van der Waals surface area contributed by atoms with Crippen LogP contribution in [0.4, 0.5) is 0 Å². The minimum Gasteiger partial charge on any atom is -0.0618 e. The normalized spacial score (nSPS) is 35.8. The molecule has 0 aromatic carbocycles. The summed E-state index contributed by atoms with van der Waals surface area (Å²) in [6, 6.07) is 0. The van der Waals surface area contributed by atoms with E-state index in [4.69, 9.17) is 0 Å². The molecule has 1 fully saturated rings. The molecule has 0 radical (unpaired) electrons. The van der Waals surface area contributed by atoms with E-state index in [1.54, 1.807) is 11.1 Å². The molecule has 2 atom stereocenters. The lowest BCUT2D eigenvalue weighted by Gasteiger charge is -2.11. The molecule has 0 N–H and O–H groups in total. The maximum atomic E-state index is 2.49. The highest BCUT2D eigenvalue weighted by Gasteiger charge is 2.35. The molecule has 0 saturated heterocycles. The average Bonchev–Trinajstić information content (AvgIpc) is 2.59. The van der Waals surface area contributed by atoms with Crippen molar-refractivity contribution in [2.24, 2.45) is 11.8 Å². The molecule has 0 aromatic rings. The van der Waals surface area contributed by atoms with Gasteiger partial charge >= 0.3 is 0 Å². The first-order valence-electron chi connectivity index (χ1n) is 5.32. The van der Waals surface area contributed by atoms with E-state index in [9.17, 15) is 0 Å². The van der Waals surface area contributed by atoms with E-state index >= 15 is 0 Å². The summed E-state index contributed by atoms with van der Waals surface area (Å²) in [4.78, 5) is 0. The topological polar surface area (TPSA) is 0 Å². The van der Waals surface area contributed by atoms with E-state index in [0.717, 1.165) is 11.8 Å². The van der Waals surface area contributed by atoms with E-state index in [1.807, 2.05) is 0 Å². The second kappa shape index (κ2) is 3.16. The summed E-state index contributed by atoms with van der Waals surface area (Å²) in [5.41, 5.74) is 3.40. The van der Waals surface area contributed by atoms with Crippen LogP contribution in [0.5, 0.6) is 0 Å². The summed E-state index contributed by atoms with van der Waals surface area (Å²) >= 11 is 0. The first-order chi connectivity index (χ1) is 5.79. The maximum Gasteiger partial charge on any atom is 0.108 e. The van der Waals surface area contributed by atoms with Crippen molar-refractivity contribution >= 4 is 0 Å². The third-order valence-electron chi connectivity index (χ3n) is 3.64. The van der Waals surface area contributed by atoms with E-state index in [0.29, 0.717) is 0 Å². The van der Waals surface area contributed by atoms with Crippen molar-refractivity contribution in [3.63, 3.8) is 0 Å². The molecular weight excluding hydrogens is 144 g/mol. The Labute approximate surface area is 76.1 Å². The monoisotopic (exact) mass is 163 g/mol. The predicted molar refractivity (Wildman–Crippen MR) is 52.7 cm³/mol. The molecule has 2 rings (SSSR count). The third kappa shape index (κ3) is 1.28. The van der Waals surface area contributed by atoms with Crippen LogP contribution in [0, 0.1) is 18.3 Å². The quantitative estimate of drug-likeness (QED) is 0.517. The Balaban J connectivity index is 2.12. The minimum absolute atomic E-state index is 0.924. The predicted octanol–water partition coefficient (Wildman–Crippen LogP) is 3.74. The Kier molecular flexibility index (Phi) is 2.16. The van der Waals surface area contributed by atoms with Gasteiger partial charge in [0.25, 0.3) is 0 Å². The summed E-state index contributed by atoms with van der Waals surface area (Å²) in [5.74, 6) is 1.87. The smallest absolute Gasteiger partial charge is 0.0618 e. The molecule has 2 aliphatic rings. The molecule has 1 saturated carbocycles. The average molecular weight is 163 g/mol. The lowest BCUT2D eigenvalue weighted by molar-refractivity contribution is 0.482. The summed E-state index contributed by atoms with van der Waals surface area (Å²) in [7, 11) is 0. The molecule has 2 unspecified atom stereocenters. The van der Waals surface area contributed by atoms with Crippen LogP contribution < -0.4 is 0 Å². The van der Waals surface area contributed by atoms with Gasteiger partial charge in [-0.3, -0.25) is 0 Å². The molecule has 66 valence electrons. The fourth-order valence-electron chi connectivity index (χ4n) is 2.84. The van der Waals surface area contributed by atoms with Crippen molar-refractivity contribution in [3.05, 3.63) is 17.6 Å². The summed E-state index contributed by atoms with van der Waals surface area (Å²) < 4.78 is 0. The second-order valence-electron chi connectivity index (χ2n) is 4.49. The van der Waals surface area contributed by atoms with Gasteiger partial charge in [-0.1, -0.05) is 13.3 Å². The lowest BCUT2D eigenvalue weighted by Crippen LogP contribution is -2.07. The lowest BCUT2D eigenvalue weighted by atomic mass is 9.88. The van der Waals surface area contributed by atoms with Gasteiger partial charge in [-0.25, -0.2) is 0 Å². The molecule has 2 aliphatic carbocycles. The molecule has 0 bridgehead atoms. The van der Waals surface area contributed by atoms with Crippen molar-refractivity contribution in [1.29, 1.82) is 0 Å². The van der Waals surface area contributed by atoms with Gasteiger partial charge in [-0.2, -0.15) is 0 Å². The molecule has 0 aromatic heterocycles. The molecular formula is C12H19+. The van der Waals surface area contributed by atoms with Crippen LogP contribution in [0.3, 0.4) is 0 Å². The Bertz CT molecular complexity index is 200. The fraction of sp³-hybridized carbons (Fsp3) is 0.750. The zero-order valence-electron chi connectivity index (χ0n) is 8.27. The molecule has 0 aliphatic heterocycles. The molecule has 0 heteroatoms. The van der Waals surface area contributed by atoms with Crippen LogP contribution in [0.1, 0.15) is 46.0 Å². The second-order valence-corrected chi connectivity index (χ2v) is 4.49. The van der Waals surface area contributed by atoms with Crippen molar-refractivity contribution in [1.82, 2.24) is 0 Å². The van der Waals surface area contributed by atoms with E-state index in [2.05, 4.69) is 20.3 Å². The number of hydrogen-bond acceptors (Lipinski definition) is 0. The zero-order valence-corrected chi connectivity index (χ0v) is 8.27. The van der Waals surface area contributed by atoms with Gasteiger partial charge in [0, 0.05) is 19.3 Å². The van der Waals surface area contributed by atoms with Crippen molar-refractivity contribution in [2.75, 3.05) is 0 Å². The largest absolute Gasteiger partial charge is 0.108 e. The first kappa shape index (κ1) is 8.22. The maximum absolute atomic E-state index is 2.49. The minimum atomic E-state index is 0.924. The van der Waals surface area contributed by atoms with Gasteiger partial charge in [0.2, 0.25) is 0 Å². The van der Waals surface area contributed by atoms with Gasteiger partial charge in [0.1, 0.15) is 5.57 Å². The van der Waals surface area contributed by atoms with Crippen LogP contribution in [-0.2, 0) is 0 Å². The SMILES string of the molecule is CC1=C(C2CCCC2C)[CH+]CC1. The van der Waals surface area contributed by atoms with Crippen LogP contribution in [0.15, 0.2) is 11.1 Å². The van der Waals surface area contributed by atoms with Crippen molar-refractivity contribution in [3.8, 4) is 0 Å². The standard InChI is InChI=1S/C12H19/c1-9-5-3-7-11(9)12-8-4-6-10(12)2/h7,10,12H,3-6,8H2,1-2H3/q+1. The summed E-state index contributed by atoms with van der Waals surface area (Å²) in [5, 5.41) is 0. The fourth-order valence-corrected chi connectivity index (χ4v) is 2.84. The Morgan fingerprint density at radius 2 is 2.17 bits per heavy atom. The van der Waals surface area contributed by atoms with E-state index < -0.39 is 0 Å². The van der Waals surface area contributed by atoms with Crippen LogP contribution >= 0.6 is 0 Å². The van der Waals surface area contributed by atoms with E-state index in [-0.39, 0.29) is 0 Å². The summed E-state index contributed by atoms with van der Waals surface area (Å²) in [6.07, 6.45) is 9.49. The summed E-state index contributed by atoms with van der Waals surface area (Å²) in [6.45, 7) is 4.74. The van der Waals surface area contributed by atoms with Gasteiger partial charge < -0.3 is 0 Å². The highest BCUT2D eigenvalue weighted by atomic mass is 14.3. The Morgan fingerprint density at radius 3 is 2.67 bits per heavy atom. The third-order valence-corrected chi connectivity index (χ3v) is 3.64. The van der Waals surface area contributed by atoms with Crippen LogP contribution in [0.2, 0.25) is 0 Å². The number of rotatable bonds is 1. The van der Waals surface area contributed by atoms with Gasteiger partial charge in [0.15, 0.2) is 0 Å². The Morgan fingerprint density at radius 1 is 1.33 bits per heavy atom.